The fraction of sp³-hybridized carbons (Fsp3) is 0.154. The second-order valence-corrected chi connectivity index (χ2v) is 4.96. The van der Waals surface area contributed by atoms with E-state index in [1.54, 1.807) is 11.6 Å². The molecule has 22 heavy (non-hydrogen) atoms. The summed E-state index contributed by atoms with van der Waals surface area (Å²) in [7, 11) is 1.75. The Morgan fingerprint density at radius 3 is 2.82 bits per heavy atom. The first kappa shape index (κ1) is 16.1. The van der Waals surface area contributed by atoms with Crippen LogP contribution in [0.25, 0.3) is 0 Å². The highest BCUT2D eigenvalue weighted by molar-refractivity contribution is 8.02. The summed E-state index contributed by atoms with van der Waals surface area (Å²) < 4.78 is 41.8. The Labute approximate surface area is 127 Å². The normalized spacial score (nSPS) is 11.8. The number of carbonyl (C=O) groups excluding carboxylic acids is 1. The number of aryl methyl sites for hydroxylation is 1. The maximum Gasteiger partial charge on any atom is 0.573 e. The second-order valence-electron chi connectivity index (χ2n) is 4.08. The fourth-order valence-electron chi connectivity index (χ4n) is 1.48. The fourth-order valence-corrected chi connectivity index (χ4v) is 2.10. The van der Waals surface area contributed by atoms with Crippen molar-refractivity contribution in [2.75, 3.05) is 0 Å². The number of allylic oxidation sites excluding steroid dienone is 1. The number of halogens is 3. The maximum atomic E-state index is 12.1. The lowest BCUT2D eigenvalue weighted by atomic mass is 10.1. The van der Waals surface area contributed by atoms with Gasteiger partial charge >= 0.3 is 6.36 Å². The van der Waals surface area contributed by atoms with Crippen LogP contribution in [0.3, 0.4) is 0 Å². The van der Waals surface area contributed by atoms with Gasteiger partial charge in [0.15, 0.2) is 10.9 Å². The zero-order valence-corrected chi connectivity index (χ0v) is 12.1. The van der Waals surface area contributed by atoms with Gasteiger partial charge in [-0.2, -0.15) is 0 Å². The Morgan fingerprint density at radius 2 is 2.18 bits per heavy atom. The van der Waals surface area contributed by atoms with Gasteiger partial charge < -0.3 is 9.30 Å². The molecule has 0 N–H and O–H groups in total. The monoisotopic (exact) mass is 329 g/mol. The molecule has 9 heteroatoms. The van der Waals surface area contributed by atoms with E-state index in [9.17, 15) is 18.0 Å². The molecule has 0 saturated heterocycles. The van der Waals surface area contributed by atoms with Crippen molar-refractivity contribution in [2.45, 2.75) is 11.5 Å². The first-order valence-electron chi connectivity index (χ1n) is 5.92. The van der Waals surface area contributed by atoms with Crippen molar-refractivity contribution in [1.29, 1.82) is 0 Å². The highest BCUT2D eigenvalue weighted by atomic mass is 32.2. The third-order valence-corrected chi connectivity index (χ3v) is 3.27. The molecule has 0 fully saturated rings. The van der Waals surface area contributed by atoms with Gasteiger partial charge in [0, 0.05) is 12.6 Å². The average Bonchev–Trinajstić information content (AvgIpc) is 2.83. The molecule has 0 atom stereocenters. The zero-order valence-electron chi connectivity index (χ0n) is 11.2. The van der Waals surface area contributed by atoms with Gasteiger partial charge in [0.05, 0.1) is 0 Å². The topological polar surface area (TPSA) is 57.0 Å². The first-order chi connectivity index (χ1) is 10.3. The zero-order chi connectivity index (χ0) is 16.2. The summed E-state index contributed by atoms with van der Waals surface area (Å²) in [6, 6.07) is 4.89. The van der Waals surface area contributed by atoms with Crippen molar-refractivity contribution in [2.24, 2.45) is 7.05 Å². The van der Waals surface area contributed by atoms with Crippen molar-refractivity contribution in [3.05, 3.63) is 47.6 Å². The molecular formula is C13H10F3N3O2S. The number of ether oxygens (including phenoxy) is 1. The molecule has 2 aromatic rings. The molecule has 0 aliphatic rings. The number of ketones is 1. The lowest BCUT2D eigenvalue weighted by molar-refractivity contribution is -0.274. The van der Waals surface area contributed by atoms with Gasteiger partial charge in [-0.1, -0.05) is 23.9 Å². The Balaban J connectivity index is 2.03. The van der Waals surface area contributed by atoms with Crippen LogP contribution in [0.2, 0.25) is 0 Å². The van der Waals surface area contributed by atoms with Crippen molar-refractivity contribution < 1.29 is 22.7 Å². The first-order valence-corrected chi connectivity index (χ1v) is 6.80. The van der Waals surface area contributed by atoms with Gasteiger partial charge in [-0.25, -0.2) is 0 Å². The number of nitrogens with zero attached hydrogens (tertiary/aromatic N) is 3. The van der Waals surface area contributed by atoms with E-state index < -0.39 is 17.9 Å². The Bertz CT molecular complexity index is 698. The molecule has 116 valence electrons. The van der Waals surface area contributed by atoms with Crippen molar-refractivity contribution in [3.63, 3.8) is 0 Å². The largest absolute Gasteiger partial charge is 0.573 e. The van der Waals surface area contributed by atoms with Gasteiger partial charge in [-0.3, -0.25) is 4.79 Å². The van der Waals surface area contributed by atoms with E-state index in [2.05, 4.69) is 14.9 Å². The van der Waals surface area contributed by atoms with Gasteiger partial charge in [0.25, 0.3) is 0 Å². The van der Waals surface area contributed by atoms with Gasteiger partial charge in [0.1, 0.15) is 12.1 Å². The molecule has 0 unspecified atom stereocenters. The molecule has 2 rings (SSSR count). The van der Waals surface area contributed by atoms with Crippen LogP contribution in [0.15, 0.2) is 47.2 Å². The van der Waals surface area contributed by atoms with Crippen molar-refractivity contribution in [1.82, 2.24) is 14.8 Å². The van der Waals surface area contributed by atoms with E-state index >= 15 is 0 Å². The van der Waals surface area contributed by atoms with E-state index in [1.165, 1.54) is 41.7 Å². The number of benzene rings is 1. The maximum absolute atomic E-state index is 12.1. The van der Waals surface area contributed by atoms with Crippen LogP contribution in [0.5, 0.6) is 5.75 Å². The minimum atomic E-state index is -4.79. The quantitative estimate of drug-likeness (QED) is 0.479. The van der Waals surface area contributed by atoms with Crippen LogP contribution < -0.4 is 4.74 Å². The highest BCUT2D eigenvalue weighted by Crippen LogP contribution is 2.24. The van der Waals surface area contributed by atoms with Crippen LogP contribution in [0, 0.1) is 0 Å². The summed E-state index contributed by atoms with van der Waals surface area (Å²) in [6.07, 6.45) is -2.04. The number of alkyl halides is 3. The summed E-state index contributed by atoms with van der Waals surface area (Å²) in [5.74, 6) is -0.880. The van der Waals surface area contributed by atoms with Crippen LogP contribution in [0.1, 0.15) is 10.4 Å². The number of aromatic nitrogens is 3. The molecule has 0 bridgehead atoms. The molecule has 1 heterocycles. The van der Waals surface area contributed by atoms with E-state index in [4.69, 9.17) is 0 Å². The average molecular weight is 329 g/mol. The van der Waals surface area contributed by atoms with Crippen LogP contribution >= 0.6 is 11.8 Å². The van der Waals surface area contributed by atoms with E-state index in [0.29, 0.717) is 5.16 Å². The Hall–Kier alpha value is -2.29. The summed E-state index contributed by atoms with van der Waals surface area (Å²) >= 11 is 1.17. The smallest absolute Gasteiger partial charge is 0.406 e. The Kier molecular flexibility index (Phi) is 4.86. The molecule has 0 spiro atoms. The molecule has 0 aliphatic carbocycles. The summed E-state index contributed by atoms with van der Waals surface area (Å²) in [4.78, 5) is 11.9. The second kappa shape index (κ2) is 6.65. The summed E-state index contributed by atoms with van der Waals surface area (Å²) in [5, 5.41) is 9.55. The van der Waals surface area contributed by atoms with Gasteiger partial charge in [-0.05, 0) is 23.6 Å². The van der Waals surface area contributed by atoms with Crippen LogP contribution in [0.4, 0.5) is 13.2 Å². The highest BCUT2D eigenvalue weighted by Gasteiger charge is 2.31. The van der Waals surface area contributed by atoms with Gasteiger partial charge in [0.2, 0.25) is 0 Å². The number of hydrogen-bond acceptors (Lipinski definition) is 5. The number of rotatable bonds is 5. The number of hydrogen-bond donors (Lipinski definition) is 0. The lowest BCUT2D eigenvalue weighted by Gasteiger charge is -2.09. The van der Waals surface area contributed by atoms with Crippen molar-refractivity contribution in [3.8, 4) is 5.75 Å². The van der Waals surface area contributed by atoms with Gasteiger partial charge in [-0.15, -0.1) is 23.4 Å². The molecule has 0 saturated carbocycles. The third-order valence-electron chi connectivity index (χ3n) is 2.41. The predicted molar refractivity (Wildman–Crippen MR) is 73.5 cm³/mol. The Morgan fingerprint density at radius 1 is 1.41 bits per heavy atom. The molecule has 1 aromatic carbocycles. The summed E-state index contributed by atoms with van der Waals surface area (Å²) in [6.45, 7) is 0. The number of carbonyl (C=O) groups is 1. The number of thioether (sulfide) groups is 1. The molecule has 0 amide bonds. The van der Waals surface area contributed by atoms with E-state index in [0.717, 1.165) is 12.1 Å². The lowest BCUT2D eigenvalue weighted by Crippen LogP contribution is -2.17. The predicted octanol–water partition coefficient (Wildman–Crippen LogP) is 3.20. The van der Waals surface area contributed by atoms with Crippen LogP contribution in [-0.2, 0) is 7.05 Å². The molecule has 1 aromatic heterocycles. The molecular weight excluding hydrogens is 319 g/mol. The molecule has 0 radical (unpaired) electrons. The third kappa shape index (κ3) is 4.62. The van der Waals surface area contributed by atoms with Crippen LogP contribution in [-0.4, -0.2) is 26.9 Å². The minimum absolute atomic E-state index is 0.0940. The SMILES string of the molecule is Cn1cnnc1S/C=C/C(=O)c1cccc(OC(F)(F)F)c1. The molecule has 0 aliphatic heterocycles. The standard InChI is InChI=1S/C13H10F3N3O2S/c1-19-8-17-18-12(19)22-6-5-11(20)9-3-2-4-10(7-9)21-13(14,15)16/h2-8H,1H3/b6-5+. The molecule has 5 nitrogen and oxygen atoms in total. The van der Waals surface area contributed by atoms with Crippen molar-refractivity contribution >= 4 is 17.5 Å². The summed E-state index contributed by atoms with van der Waals surface area (Å²) in [5.41, 5.74) is 0.0940. The van der Waals surface area contributed by atoms with E-state index in [-0.39, 0.29) is 5.56 Å². The van der Waals surface area contributed by atoms with E-state index in [1.807, 2.05) is 0 Å². The minimum Gasteiger partial charge on any atom is -0.406 e.